The Kier molecular flexibility index (Phi) is 8.16. The molecule has 3 aromatic carbocycles. The van der Waals surface area contributed by atoms with E-state index in [-0.39, 0.29) is 36.4 Å². The van der Waals surface area contributed by atoms with Crippen LogP contribution in [-0.4, -0.2) is 28.3 Å². The van der Waals surface area contributed by atoms with Gasteiger partial charge in [0.2, 0.25) is 11.8 Å². The van der Waals surface area contributed by atoms with E-state index in [4.69, 9.17) is 0 Å². The summed E-state index contributed by atoms with van der Waals surface area (Å²) in [5.41, 5.74) is 1.77. The molecule has 0 aliphatic rings. The molecule has 3 rings (SSSR count). The van der Waals surface area contributed by atoms with Gasteiger partial charge in [-0.2, -0.15) is 0 Å². The van der Waals surface area contributed by atoms with Crippen molar-refractivity contribution in [2.24, 2.45) is 0 Å². The molecule has 1 atom stereocenters. The average Bonchev–Trinajstić information content (AvgIpc) is 2.78. The first-order valence-electron chi connectivity index (χ1n) is 11.2. The molecule has 0 spiro atoms. The van der Waals surface area contributed by atoms with Crippen molar-refractivity contribution in [3.8, 4) is 0 Å². The van der Waals surface area contributed by atoms with Crippen LogP contribution in [0, 0.1) is 11.6 Å². The second kappa shape index (κ2) is 11.1. The van der Waals surface area contributed by atoms with E-state index in [1.54, 1.807) is 24.3 Å². The predicted molar refractivity (Wildman–Crippen MR) is 129 cm³/mol. The van der Waals surface area contributed by atoms with Gasteiger partial charge in [0.15, 0.2) is 0 Å². The van der Waals surface area contributed by atoms with Crippen LogP contribution in [0.5, 0.6) is 0 Å². The maximum Gasteiger partial charge on any atom is 0.243 e. The maximum absolute atomic E-state index is 13.5. The van der Waals surface area contributed by atoms with Gasteiger partial charge in [0.05, 0.1) is 6.42 Å². The summed E-state index contributed by atoms with van der Waals surface area (Å²) in [5, 5.41) is 3.00. The zero-order valence-corrected chi connectivity index (χ0v) is 19.7. The van der Waals surface area contributed by atoms with Gasteiger partial charge in [0.25, 0.3) is 0 Å². The zero-order chi connectivity index (χ0) is 24.7. The van der Waals surface area contributed by atoms with Gasteiger partial charge in [0, 0.05) is 18.5 Å². The topological polar surface area (TPSA) is 49.4 Å². The third-order valence-corrected chi connectivity index (χ3v) is 5.30. The van der Waals surface area contributed by atoms with Crippen molar-refractivity contribution < 1.29 is 18.4 Å². The molecular formula is C28H30F2N2O2. The number of carbonyl (C=O) groups is 2. The summed E-state index contributed by atoms with van der Waals surface area (Å²) in [7, 11) is 0. The van der Waals surface area contributed by atoms with E-state index >= 15 is 0 Å². The third kappa shape index (κ3) is 7.51. The molecule has 2 amide bonds. The highest BCUT2D eigenvalue weighted by atomic mass is 19.1. The van der Waals surface area contributed by atoms with Crippen LogP contribution in [-0.2, 0) is 29.0 Å². The highest BCUT2D eigenvalue weighted by Crippen LogP contribution is 2.18. The fraction of sp³-hybridized carbons (Fsp3) is 0.286. The molecule has 0 radical (unpaired) electrons. The molecule has 0 bridgehead atoms. The summed E-state index contributed by atoms with van der Waals surface area (Å²) in [6.07, 6.45) is 0.328. The number of benzene rings is 3. The number of nitrogens with zero attached hydrogens (tertiary/aromatic N) is 1. The summed E-state index contributed by atoms with van der Waals surface area (Å²) < 4.78 is 26.8. The van der Waals surface area contributed by atoms with Crippen molar-refractivity contribution in [1.82, 2.24) is 10.2 Å². The first kappa shape index (κ1) is 25.1. The molecule has 0 saturated heterocycles. The number of carbonyl (C=O) groups excluding carboxylic acids is 2. The molecule has 0 aliphatic heterocycles. The van der Waals surface area contributed by atoms with Gasteiger partial charge in [-0.3, -0.25) is 9.59 Å². The van der Waals surface area contributed by atoms with Crippen molar-refractivity contribution in [3.63, 3.8) is 0 Å². The Bertz CT molecular complexity index is 1090. The van der Waals surface area contributed by atoms with Crippen molar-refractivity contribution >= 4 is 11.8 Å². The second-order valence-electron chi connectivity index (χ2n) is 9.40. The van der Waals surface area contributed by atoms with Crippen molar-refractivity contribution in [1.29, 1.82) is 0 Å². The zero-order valence-electron chi connectivity index (χ0n) is 19.7. The van der Waals surface area contributed by atoms with Gasteiger partial charge in [0.1, 0.15) is 17.7 Å². The van der Waals surface area contributed by atoms with Gasteiger partial charge in [-0.15, -0.1) is 0 Å². The average molecular weight is 465 g/mol. The van der Waals surface area contributed by atoms with E-state index in [1.807, 2.05) is 51.1 Å². The quantitative estimate of drug-likeness (QED) is 0.507. The molecule has 0 saturated carbocycles. The molecule has 6 heteroatoms. The SMILES string of the molecule is CC(C)(C)NC(=O)[C@H](Cc1ccccc1)N(Cc1ccc(F)cc1)C(=O)Cc1ccc(F)cc1. The van der Waals surface area contributed by atoms with Gasteiger partial charge in [-0.25, -0.2) is 8.78 Å². The van der Waals surface area contributed by atoms with Gasteiger partial charge >= 0.3 is 0 Å². The van der Waals surface area contributed by atoms with Crippen LogP contribution in [0.3, 0.4) is 0 Å². The molecule has 0 unspecified atom stereocenters. The van der Waals surface area contributed by atoms with E-state index in [0.717, 1.165) is 5.56 Å². The Morgan fingerprint density at radius 3 is 1.85 bits per heavy atom. The molecule has 3 aromatic rings. The molecule has 34 heavy (non-hydrogen) atoms. The number of halogens is 2. The molecule has 1 N–H and O–H groups in total. The van der Waals surface area contributed by atoms with Crippen LogP contribution in [0.1, 0.15) is 37.5 Å². The third-order valence-electron chi connectivity index (χ3n) is 5.30. The smallest absolute Gasteiger partial charge is 0.243 e. The van der Waals surface area contributed by atoms with Crippen LogP contribution in [0.15, 0.2) is 78.9 Å². The first-order chi connectivity index (χ1) is 16.1. The highest BCUT2D eigenvalue weighted by Gasteiger charge is 2.32. The fourth-order valence-corrected chi connectivity index (χ4v) is 3.67. The Morgan fingerprint density at radius 1 is 0.794 bits per heavy atom. The van der Waals surface area contributed by atoms with E-state index < -0.39 is 11.6 Å². The predicted octanol–water partition coefficient (Wildman–Crippen LogP) is 5.06. The van der Waals surface area contributed by atoms with E-state index in [2.05, 4.69) is 5.32 Å². The van der Waals surface area contributed by atoms with Gasteiger partial charge < -0.3 is 10.2 Å². The summed E-state index contributed by atoms with van der Waals surface area (Å²) >= 11 is 0. The minimum Gasteiger partial charge on any atom is -0.350 e. The molecule has 4 nitrogen and oxygen atoms in total. The Morgan fingerprint density at radius 2 is 1.32 bits per heavy atom. The van der Waals surface area contributed by atoms with Crippen LogP contribution in [0.25, 0.3) is 0 Å². The highest BCUT2D eigenvalue weighted by molar-refractivity contribution is 5.89. The molecule has 0 aromatic heterocycles. The van der Waals surface area contributed by atoms with Crippen LogP contribution in [0.4, 0.5) is 8.78 Å². The van der Waals surface area contributed by atoms with Crippen LogP contribution >= 0.6 is 0 Å². The molecule has 0 fully saturated rings. The standard InChI is InChI=1S/C28H30F2N2O2/c1-28(2,3)31-27(34)25(17-20-7-5-4-6-8-20)32(19-22-11-15-24(30)16-12-22)26(33)18-21-9-13-23(29)14-10-21/h4-16,25H,17-19H2,1-3H3,(H,31,34)/t25-/m0/s1. The summed E-state index contributed by atoms with van der Waals surface area (Å²) in [5.74, 6) is -1.31. The first-order valence-corrected chi connectivity index (χ1v) is 11.2. The van der Waals surface area contributed by atoms with E-state index in [9.17, 15) is 18.4 Å². The Labute approximate surface area is 199 Å². The largest absolute Gasteiger partial charge is 0.350 e. The molecule has 178 valence electrons. The monoisotopic (exact) mass is 464 g/mol. The van der Waals surface area contributed by atoms with Gasteiger partial charge in [-0.05, 0) is 61.7 Å². The van der Waals surface area contributed by atoms with Crippen LogP contribution in [0.2, 0.25) is 0 Å². The lowest BCUT2D eigenvalue weighted by molar-refractivity contribution is -0.141. The summed E-state index contributed by atoms with van der Waals surface area (Å²) in [4.78, 5) is 28.5. The lowest BCUT2D eigenvalue weighted by Crippen LogP contribution is -2.54. The maximum atomic E-state index is 13.5. The van der Waals surface area contributed by atoms with Gasteiger partial charge in [-0.1, -0.05) is 54.6 Å². The number of amides is 2. The summed E-state index contributed by atoms with van der Waals surface area (Å²) in [6, 6.07) is 20.3. The lowest BCUT2D eigenvalue weighted by Gasteiger charge is -2.34. The lowest BCUT2D eigenvalue weighted by atomic mass is 10.00. The second-order valence-corrected chi connectivity index (χ2v) is 9.40. The Hall–Kier alpha value is -3.54. The van der Waals surface area contributed by atoms with Crippen LogP contribution < -0.4 is 5.32 Å². The number of hydrogen-bond donors (Lipinski definition) is 1. The van der Waals surface area contributed by atoms with Crippen molar-refractivity contribution in [2.45, 2.75) is 51.7 Å². The fourth-order valence-electron chi connectivity index (χ4n) is 3.67. The summed E-state index contributed by atoms with van der Waals surface area (Å²) in [6.45, 7) is 5.79. The van der Waals surface area contributed by atoms with E-state index in [1.165, 1.54) is 29.2 Å². The molecule has 0 aliphatic carbocycles. The minimum atomic E-state index is -0.792. The van der Waals surface area contributed by atoms with Crippen molar-refractivity contribution in [2.75, 3.05) is 0 Å². The molecule has 0 heterocycles. The number of nitrogens with one attached hydrogen (secondary N) is 1. The number of hydrogen-bond acceptors (Lipinski definition) is 2. The molecular weight excluding hydrogens is 434 g/mol. The number of rotatable bonds is 8. The van der Waals surface area contributed by atoms with Crippen molar-refractivity contribution in [3.05, 3.63) is 107 Å². The Balaban J connectivity index is 1.97. The van der Waals surface area contributed by atoms with E-state index in [0.29, 0.717) is 17.5 Å². The normalized spacial score (nSPS) is 12.1. The minimum absolute atomic E-state index is 0.00949.